The third-order valence-corrected chi connectivity index (χ3v) is 7.71. The predicted octanol–water partition coefficient (Wildman–Crippen LogP) is 5.50. The minimum absolute atomic E-state index is 0.191. The zero-order chi connectivity index (χ0) is 21.3. The molecule has 3 aromatic rings. The number of nitrogens with one attached hydrogen (secondary N) is 1. The van der Waals surface area contributed by atoms with Crippen molar-refractivity contribution in [3.8, 4) is 5.75 Å². The minimum atomic E-state index is -0.231. The van der Waals surface area contributed by atoms with Crippen molar-refractivity contribution in [2.24, 2.45) is 5.10 Å². The highest BCUT2D eigenvalue weighted by atomic mass is 79.9. The molecule has 1 N–H and O–H groups in total. The van der Waals surface area contributed by atoms with Crippen molar-refractivity contribution in [3.63, 3.8) is 0 Å². The number of ether oxygens (including phenoxy) is 1. The second-order valence-corrected chi connectivity index (χ2v) is 10.4. The maximum atomic E-state index is 12.0. The summed E-state index contributed by atoms with van der Waals surface area (Å²) < 4.78 is 7.72. The van der Waals surface area contributed by atoms with Gasteiger partial charge in [-0.25, -0.2) is 5.43 Å². The first kappa shape index (κ1) is 23.1. The molecular weight excluding hydrogens is 528 g/mol. The van der Waals surface area contributed by atoms with Gasteiger partial charge in [0.1, 0.15) is 5.75 Å². The number of carbonyl (C=O) groups is 1. The van der Waals surface area contributed by atoms with Crippen LogP contribution in [0.1, 0.15) is 11.1 Å². The molecule has 2 aromatic carbocycles. The second-order valence-electron chi connectivity index (χ2n) is 5.68. The summed E-state index contributed by atoms with van der Waals surface area (Å²) >= 11 is 13.9. The molecule has 30 heavy (non-hydrogen) atoms. The number of hydrogen-bond donors (Lipinski definition) is 1. The summed E-state index contributed by atoms with van der Waals surface area (Å²) in [6.07, 6.45) is 1.54. The Hall–Kier alpha value is -1.59. The summed E-state index contributed by atoms with van der Waals surface area (Å²) in [6.45, 7) is 0. The molecule has 0 fully saturated rings. The van der Waals surface area contributed by atoms with E-state index < -0.39 is 0 Å². The highest BCUT2D eigenvalue weighted by Crippen LogP contribution is 2.32. The summed E-state index contributed by atoms with van der Waals surface area (Å²) in [5.74, 6) is 1.34. The van der Waals surface area contributed by atoms with Gasteiger partial charge in [-0.3, -0.25) is 4.79 Å². The third kappa shape index (κ3) is 6.98. The molecular formula is C19H16BrClN4O2S3. The molecule has 3 rings (SSSR count). The molecule has 0 aliphatic heterocycles. The Balaban J connectivity index is 1.45. The lowest BCUT2D eigenvalue weighted by atomic mass is 10.2. The van der Waals surface area contributed by atoms with Gasteiger partial charge >= 0.3 is 0 Å². The molecule has 11 heteroatoms. The molecule has 0 saturated heterocycles. The molecule has 0 bridgehead atoms. The van der Waals surface area contributed by atoms with Crippen LogP contribution in [0.15, 0.2) is 60.7 Å². The molecule has 1 aromatic heterocycles. The van der Waals surface area contributed by atoms with Crippen molar-refractivity contribution in [2.75, 3.05) is 12.9 Å². The number of methoxy groups -OCH3 is 1. The van der Waals surface area contributed by atoms with Crippen molar-refractivity contribution in [3.05, 3.63) is 63.1 Å². The molecule has 0 saturated carbocycles. The number of hydrogen-bond acceptors (Lipinski definition) is 8. The van der Waals surface area contributed by atoms with E-state index in [-0.39, 0.29) is 11.7 Å². The van der Waals surface area contributed by atoms with Crippen LogP contribution in [0.3, 0.4) is 0 Å². The van der Waals surface area contributed by atoms with E-state index in [4.69, 9.17) is 16.3 Å². The van der Waals surface area contributed by atoms with E-state index in [0.717, 1.165) is 29.3 Å². The Labute approximate surface area is 200 Å². The summed E-state index contributed by atoms with van der Waals surface area (Å²) in [6, 6.07) is 13.3. The fourth-order valence-electron chi connectivity index (χ4n) is 2.21. The van der Waals surface area contributed by atoms with E-state index >= 15 is 0 Å². The smallest absolute Gasteiger partial charge is 0.250 e. The van der Waals surface area contributed by atoms with E-state index in [1.165, 1.54) is 23.1 Å². The Morgan fingerprint density at radius 3 is 2.80 bits per heavy atom. The van der Waals surface area contributed by atoms with E-state index in [0.29, 0.717) is 11.5 Å². The quantitative estimate of drug-likeness (QED) is 0.218. The van der Waals surface area contributed by atoms with Gasteiger partial charge in [0.15, 0.2) is 8.68 Å². The first-order chi connectivity index (χ1) is 14.5. The molecule has 0 unspecified atom stereocenters. The van der Waals surface area contributed by atoms with Gasteiger partial charge in [-0.1, -0.05) is 80.6 Å². The number of nitrogens with zero attached hydrogens (tertiary/aromatic N) is 3. The molecule has 0 aliphatic rings. The van der Waals surface area contributed by atoms with Crippen LogP contribution in [-0.4, -0.2) is 35.2 Å². The van der Waals surface area contributed by atoms with Crippen LogP contribution in [0.25, 0.3) is 0 Å². The van der Waals surface area contributed by atoms with Gasteiger partial charge in [-0.15, -0.1) is 10.2 Å². The summed E-state index contributed by atoms with van der Waals surface area (Å²) in [5.41, 5.74) is 4.31. The largest absolute Gasteiger partial charge is 0.496 e. The number of hydrazone groups is 1. The maximum absolute atomic E-state index is 12.0. The van der Waals surface area contributed by atoms with Crippen LogP contribution in [0.2, 0.25) is 5.02 Å². The SMILES string of the molecule is COc1ccc(Br)cc1C=NNC(=O)CSc1nnc(SCc2ccccc2Cl)s1. The van der Waals surface area contributed by atoms with Crippen molar-refractivity contribution in [2.45, 2.75) is 14.4 Å². The van der Waals surface area contributed by atoms with E-state index in [1.54, 1.807) is 25.1 Å². The molecule has 0 atom stereocenters. The highest BCUT2D eigenvalue weighted by molar-refractivity contribution is 9.10. The molecule has 6 nitrogen and oxygen atoms in total. The maximum Gasteiger partial charge on any atom is 0.250 e. The van der Waals surface area contributed by atoms with Crippen molar-refractivity contribution < 1.29 is 9.53 Å². The van der Waals surface area contributed by atoms with Crippen molar-refractivity contribution in [1.82, 2.24) is 15.6 Å². The Morgan fingerprint density at radius 2 is 2.03 bits per heavy atom. The normalized spacial score (nSPS) is 11.0. The summed E-state index contributed by atoms with van der Waals surface area (Å²) in [5, 5.41) is 13.0. The number of halogens is 2. The topological polar surface area (TPSA) is 76.5 Å². The molecule has 0 radical (unpaired) electrons. The second kappa shape index (κ2) is 11.7. The van der Waals surface area contributed by atoms with E-state index in [9.17, 15) is 4.79 Å². The molecule has 1 heterocycles. The average Bonchev–Trinajstić information content (AvgIpc) is 3.20. The summed E-state index contributed by atoms with van der Waals surface area (Å²) in [4.78, 5) is 12.0. The van der Waals surface area contributed by atoms with Crippen LogP contribution >= 0.6 is 62.4 Å². The molecule has 0 spiro atoms. The van der Waals surface area contributed by atoms with Gasteiger partial charge in [0.25, 0.3) is 5.91 Å². The van der Waals surface area contributed by atoms with Crippen LogP contribution in [0.4, 0.5) is 0 Å². The lowest BCUT2D eigenvalue weighted by molar-refractivity contribution is -0.118. The lowest BCUT2D eigenvalue weighted by Gasteiger charge is -2.04. The average molecular weight is 544 g/mol. The van der Waals surface area contributed by atoms with Gasteiger partial charge in [-0.2, -0.15) is 5.10 Å². The minimum Gasteiger partial charge on any atom is -0.496 e. The number of aromatic nitrogens is 2. The number of thioether (sulfide) groups is 2. The van der Waals surface area contributed by atoms with Gasteiger partial charge < -0.3 is 4.74 Å². The van der Waals surface area contributed by atoms with Crippen LogP contribution in [0, 0.1) is 0 Å². The highest BCUT2D eigenvalue weighted by Gasteiger charge is 2.09. The fourth-order valence-corrected chi connectivity index (χ4v) is 5.69. The lowest BCUT2D eigenvalue weighted by Crippen LogP contribution is -2.19. The van der Waals surface area contributed by atoms with Gasteiger partial charge in [0, 0.05) is 20.8 Å². The van der Waals surface area contributed by atoms with Gasteiger partial charge in [-0.05, 0) is 29.8 Å². The molecule has 1 amide bonds. The molecule has 0 aliphatic carbocycles. The Kier molecular flexibility index (Phi) is 9.01. The van der Waals surface area contributed by atoms with Crippen LogP contribution in [-0.2, 0) is 10.5 Å². The van der Waals surface area contributed by atoms with Crippen molar-refractivity contribution in [1.29, 1.82) is 0 Å². The predicted molar refractivity (Wildman–Crippen MR) is 128 cm³/mol. The first-order valence-corrected chi connectivity index (χ1v) is 12.5. The molecule has 156 valence electrons. The Bertz CT molecular complexity index is 1050. The number of amides is 1. The zero-order valence-electron chi connectivity index (χ0n) is 15.7. The van der Waals surface area contributed by atoms with E-state index in [1.807, 2.05) is 42.5 Å². The van der Waals surface area contributed by atoms with Crippen LogP contribution in [0.5, 0.6) is 5.75 Å². The number of carbonyl (C=O) groups excluding carboxylic acids is 1. The Morgan fingerprint density at radius 1 is 1.27 bits per heavy atom. The van der Waals surface area contributed by atoms with Gasteiger partial charge in [0.2, 0.25) is 0 Å². The van der Waals surface area contributed by atoms with Gasteiger partial charge in [0.05, 0.1) is 19.1 Å². The fraction of sp³-hybridized carbons (Fsp3) is 0.158. The summed E-state index contributed by atoms with van der Waals surface area (Å²) in [7, 11) is 1.58. The first-order valence-electron chi connectivity index (χ1n) is 8.53. The van der Waals surface area contributed by atoms with E-state index in [2.05, 4.69) is 36.7 Å². The van der Waals surface area contributed by atoms with Crippen molar-refractivity contribution >= 4 is 74.5 Å². The third-order valence-electron chi connectivity index (χ3n) is 3.61. The monoisotopic (exact) mass is 542 g/mol. The number of benzene rings is 2. The zero-order valence-corrected chi connectivity index (χ0v) is 20.5. The van der Waals surface area contributed by atoms with Crippen LogP contribution < -0.4 is 10.2 Å². The standard InChI is InChI=1S/C19H16BrClN4O2S3/c1-27-16-7-6-14(20)8-13(16)9-22-23-17(26)11-29-19-25-24-18(30-19)28-10-12-4-2-3-5-15(12)21/h2-9H,10-11H2,1H3,(H,23,26). The number of rotatable bonds is 9.